The Bertz CT molecular complexity index is 719. The van der Waals surface area contributed by atoms with E-state index in [-0.39, 0.29) is 23.8 Å². The third-order valence-electron chi connectivity index (χ3n) is 3.83. The highest BCUT2D eigenvalue weighted by atomic mass is 19.4. The summed E-state index contributed by atoms with van der Waals surface area (Å²) in [6.45, 7) is 3.50. The number of likely N-dealkylation sites (N-methyl/N-ethyl adjacent to an activating group) is 1. The van der Waals surface area contributed by atoms with Crippen LogP contribution < -0.4 is 0 Å². The Hall–Kier alpha value is -2.51. The molecule has 1 unspecified atom stereocenters. The van der Waals surface area contributed by atoms with Gasteiger partial charge in [-0.15, -0.1) is 0 Å². The number of rotatable bonds is 5. The van der Waals surface area contributed by atoms with Crippen LogP contribution in [0.25, 0.3) is 0 Å². The molecule has 2 aromatic heterocycles. The van der Waals surface area contributed by atoms with E-state index in [0.717, 1.165) is 12.5 Å². The fraction of sp³-hybridized carbons (Fsp3) is 0.412. The van der Waals surface area contributed by atoms with Crippen LogP contribution in [0.15, 0.2) is 36.9 Å². The fourth-order valence-electron chi connectivity index (χ4n) is 2.75. The van der Waals surface area contributed by atoms with Crippen LogP contribution in [-0.2, 0) is 17.4 Å². The molecule has 5 nitrogen and oxygen atoms in total. The first-order valence-electron chi connectivity index (χ1n) is 7.74. The van der Waals surface area contributed by atoms with Gasteiger partial charge in [0.05, 0.1) is 12.5 Å². The molecule has 0 spiro atoms. The quantitative estimate of drug-likeness (QED) is 0.829. The summed E-state index contributed by atoms with van der Waals surface area (Å²) in [5.41, 5.74) is -0.567. The summed E-state index contributed by atoms with van der Waals surface area (Å²) in [4.78, 5) is 25.1. The van der Waals surface area contributed by atoms with E-state index in [2.05, 4.69) is 15.0 Å². The molecule has 2 heterocycles. The standard InChI is InChI=1S/C17H19F3N4O/c1-11(2)15(13-9-21-10-23-16(13)17(18,19)20)24(3)14(25)8-12-6-4-5-7-22-12/h4-7,9-11,15H,8H2,1-3H3. The first-order chi connectivity index (χ1) is 11.7. The molecule has 25 heavy (non-hydrogen) atoms. The second-order valence-corrected chi connectivity index (χ2v) is 6.02. The van der Waals surface area contributed by atoms with E-state index in [1.165, 1.54) is 11.9 Å². The van der Waals surface area contributed by atoms with Crippen molar-refractivity contribution in [3.63, 3.8) is 0 Å². The third-order valence-corrected chi connectivity index (χ3v) is 3.83. The minimum atomic E-state index is -4.61. The molecule has 0 saturated heterocycles. The molecule has 0 N–H and O–H groups in total. The highest BCUT2D eigenvalue weighted by molar-refractivity contribution is 5.78. The predicted octanol–water partition coefficient (Wildman–Crippen LogP) is 3.29. The largest absolute Gasteiger partial charge is 0.433 e. The van der Waals surface area contributed by atoms with Gasteiger partial charge in [-0.05, 0) is 18.1 Å². The van der Waals surface area contributed by atoms with E-state index in [1.807, 2.05) is 0 Å². The van der Waals surface area contributed by atoms with Gasteiger partial charge in [0, 0.05) is 30.7 Å². The van der Waals surface area contributed by atoms with Crippen molar-refractivity contribution in [3.05, 3.63) is 53.9 Å². The van der Waals surface area contributed by atoms with Gasteiger partial charge in [-0.2, -0.15) is 13.2 Å². The molecule has 0 aliphatic heterocycles. The monoisotopic (exact) mass is 352 g/mol. The molecule has 2 aromatic rings. The van der Waals surface area contributed by atoms with Crippen molar-refractivity contribution in [1.82, 2.24) is 19.9 Å². The number of pyridine rings is 1. The topological polar surface area (TPSA) is 59.0 Å². The van der Waals surface area contributed by atoms with E-state index in [0.29, 0.717) is 5.69 Å². The number of amides is 1. The SMILES string of the molecule is CC(C)C(c1cncnc1C(F)(F)F)N(C)C(=O)Cc1ccccn1. The van der Waals surface area contributed by atoms with Crippen LogP contribution in [0, 0.1) is 5.92 Å². The second-order valence-electron chi connectivity index (χ2n) is 6.02. The summed E-state index contributed by atoms with van der Waals surface area (Å²) in [5, 5.41) is 0. The van der Waals surface area contributed by atoms with Crippen LogP contribution in [-0.4, -0.2) is 32.8 Å². The molecule has 134 valence electrons. The van der Waals surface area contributed by atoms with Crippen molar-refractivity contribution in [1.29, 1.82) is 0 Å². The van der Waals surface area contributed by atoms with Crippen LogP contribution in [0.5, 0.6) is 0 Å². The molecular weight excluding hydrogens is 333 g/mol. The van der Waals surface area contributed by atoms with E-state index in [1.54, 1.807) is 38.2 Å². The zero-order valence-electron chi connectivity index (χ0n) is 14.2. The Labute approximate surface area is 143 Å². The van der Waals surface area contributed by atoms with Crippen LogP contribution in [0.1, 0.15) is 36.8 Å². The number of hydrogen-bond donors (Lipinski definition) is 0. The predicted molar refractivity (Wildman–Crippen MR) is 85.3 cm³/mol. The Morgan fingerprint density at radius 1 is 1.24 bits per heavy atom. The van der Waals surface area contributed by atoms with Crippen molar-refractivity contribution < 1.29 is 18.0 Å². The zero-order valence-corrected chi connectivity index (χ0v) is 14.2. The average Bonchev–Trinajstić information content (AvgIpc) is 2.55. The maximum atomic E-state index is 13.3. The van der Waals surface area contributed by atoms with E-state index in [9.17, 15) is 18.0 Å². The normalized spacial score (nSPS) is 12.9. The number of hydrogen-bond acceptors (Lipinski definition) is 4. The van der Waals surface area contributed by atoms with E-state index < -0.39 is 17.9 Å². The van der Waals surface area contributed by atoms with Crippen LogP contribution >= 0.6 is 0 Å². The fourth-order valence-corrected chi connectivity index (χ4v) is 2.75. The van der Waals surface area contributed by atoms with Crippen molar-refractivity contribution >= 4 is 5.91 Å². The lowest BCUT2D eigenvalue weighted by molar-refractivity contribution is -0.144. The summed E-state index contributed by atoms with van der Waals surface area (Å²) in [6, 6.07) is 4.38. The summed E-state index contributed by atoms with van der Waals surface area (Å²) >= 11 is 0. The van der Waals surface area contributed by atoms with Gasteiger partial charge in [-0.1, -0.05) is 19.9 Å². The summed E-state index contributed by atoms with van der Waals surface area (Å²) < 4.78 is 39.8. The van der Waals surface area contributed by atoms with Crippen LogP contribution in [0.2, 0.25) is 0 Å². The van der Waals surface area contributed by atoms with Gasteiger partial charge in [0.1, 0.15) is 6.33 Å². The summed E-state index contributed by atoms with van der Waals surface area (Å²) in [7, 11) is 1.49. The summed E-state index contributed by atoms with van der Waals surface area (Å²) in [5.74, 6) is -0.584. The maximum absolute atomic E-state index is 13.3. The van der Waals surface area contributed by atoms with Crippen LogP contribution in [0.4, 0.5) is 13.2 Å². The van der Waals surface area contributed by atoms with Gasteiger partial charge in [0.25, 0.3) is 0 Å². The first kappa shape index (κ1) is 18.8. The van der Waals surface area contributed by atoms with E-state index in [4.69, 9.17) is 0 Å². The minimum Gasteiger partial charge on any atom is -0.338 e. The Balaban J connectivity index is 2.34. The lowest BCUT2D eigenvalue weighted by Crippen LogP contribution is -2.36. The smallest absolute Gasteiger partial charge is 0.338 e. The molecule has 1 atom stereocenters. The number of nitrogens with zero attached hydrogens (tertiary/aromatic N) is 4. The Morgan fingerprint density at radius 2 is 1.96 bits per heavy atom. The molecule has 1 amide bonds. The van der Waals surface area contributed by atoms with Crippen molar-refractivity contribution in [3.8, 4) is 0 Å². The van der Waals surface area contributed by atoms with Crippen molar-refractivity contribution in [2.45, 2.75) is 32.5 Å². The van der Waals surface area contributed by atoms with Gasteiger partial charge in [0.2, 0.25) is 5.91 Å². The van der Waals surface area contributed by atoms with Gasteiger partial charge in [-0.3, -0.25) is 9.78 Å². The molecule has 0 aromatic carbocycles. The zero-order chi connectivity index (χ0) is 18.6. The van der Waals surface area contributed by atoms with E-state index >= 15 is 0 Å². The van der Waals surface area contributed by atoms with Gasteiger partial charge in [0.15, 0.2) is 5.69 Å². The summed E-state index contributed by atoms with van der Waals surface area (Å²) in [6.07, 6.45) is -1.05. The second kappa shape index (κ2) is 7.58. The van der Waals surface area contributed by atoms with Gasteiger partial charge < -0.3 is 4.90 Å². The van der Waals surface area contributed by atoms with Crippen molar-refractivity contribution in [2.75, 3.05) is 7.05 Å². The molecule has 8 heteroatoms. The van der Waals surface area contributed by atoms with Crippen LogP contribution in [0.3, 0.4) is 0 Å². The number of carbonyl (C=O) groups is 1. The Morgan fingerprint density at radius 3 is 2.52 bits per heavy atom. The molecule has 0 fully saturated rings. The molecular formula is C17H19F3N4O. The van der Waals surface area contributed by atoms with Crippen molar-refractivity contribution in [2.24, 2.45) is 5.92 Å². The molecule has 0 aliphatic carbocycles. The maximum Gasteiger partial charge on any atom is 0.433 e. The minimum absolute atomic E-state index is 0.00953. The molecule has 0 radical (unpaired) electrons. The third kappa shape index (κ3) is 4.52. The number of halogens is 3. The highest BCUT2D eigenvalue weighted by Crippen LogP contribution is 2.37. The number of alkyl halides is 3. The lowest BCUT2D eigenvalue weighted by atomic mass is 9.94. The Kier molecular flexibility index (Phi) is 5.71. The first-order valence-corrected chi connectivity index (χ1v) is 7.74. The average molecular weight is 352 g/mol. The lowest BCUT2D eigenvalue weighted by Gasteiger charge is -2.32. The molecule has 2 rings (SSSR count). The number of carbonyl (C=O) groups excluding carboxylic acids is 1. The molecule has 0 bridgehead atoms. The number of aromatic nitrogens is 3. The molecule has 0 aliphatic rings. The molecule has 0 saturated carbocycles. The van der Waals surface area contributed by atoms with Gasteiger partial charge >= 0.3 is 6.18 Å². The van der Waals surface area contributed by atoms with Gasteiger partial charge in [-0.25, -0.2) is 9.97 Å². The highest BCUT2D eigenvalue weighted by Gasteiger charge is 2.39.